The maximum atomic E-state index is 5.40. The van der Waals surface area contributed by atoms with Gasteiger partial charge in [-0.05, 0) is 0 Å². The highest BCUT2D eigenvalue weighted by Gasteiger charge is 2.15. The molecule has 0 bridgehead atoms. The zero-order chi connectivity index (χ0) is 18.1. The molecule has 4 aromatic rings. The second-order valence-corrected chi connectivity index (χ2v) is 7.36. The molecule has 1 aliphatic heterocycles. The quantitative estimate of drug-likeness (QED) is 0.546. The molecule has 0 aromatic carbocycles. The first-order chi connectivity index (χ1) is 13.4. The zero-order valence-electron chi connectivity index (χ0n) is 14.5. The molecule has 10 heteroatoms. The normalized spacial score (nSPS) is 15.4. The van der Waals surface area contributed by atoms with E-state index in [4.69, 9.17) is 4.74 Å². The van der Waals surface area contributed by atoms with Gasteiger partial charge in [-0.15, -0.1) is 11.3 Å². The topological polar surface area (TPSA) is 96.3 Å². The van der Waals surface area contributed by atoms with E-state index in [0.717, 1.165) is 54.9 Å². The van der Waals surface area contributed by atoms with Gasteiger partial charge in [-0.3, -0.25) is 14.4 Å². The number of ether oxygens (including phenoxy) is 1. The van der Waals surface area contributed by atoms with Crippen LogP contribution in [-0.4, -0.2) is 60.8 Å². The van der Waals surface area contributed by atoms with E-state index in [-0.39, 0.29) is 0 Å². The third kappa shape index (κ3) is 3.29. The Bertz CT molecular complexity index is 1030. The minimum atomic E-state index is 0.680. The molecule has 0 saturated carbocycles. The molecule has 1 fully saturated rings. The van der Waals surface area contributed by atoms with Gasteiger partial charge in [0.2, 0.25) is 0 Å². The summed E-state index contributed by atoms with van der Waals surface area (Å²) in [5, 5.41) is 11.0. The molecule has 0 spiro atoms. The van der Waals surface area contributed by atoms with Crippen molar-refractivity contribution in [2.45, 2.75) is 6.54 Å². The fourth-order valence-corrected chi connectivity index (χ4v) is 3.98. The second-order valence-electron chi connectivity index (χ2n) is 6.25. The van der Waals surface area contributed by atoms with Gasteiger partial charge in [0.15, 0.2) is 16.6 Å². The average molecular weight is 382 g/mol. The Balaban J connectivity index is 1.37. The molecule has 2 N–H and O–H groups in total. The Labute approximate surface area is 159 Å². The van der Waals surface area contributed by atoms with Gasteiger partial charge in [-0.25, -0.2) is 15.0 Å². The van der Waals surface area contributed by atoms with Gasteiger partial charge in [0.25, 0.3) is 0 Å². The monoisotopic (exact) mass is 382 g/mol. The summed E-state index contributed by atoms with van der Waals surface area (Å²) in [6, 6.07) is 0. The molecule has 0 aliphatic carbocycles. The number of aromatic amines is 1. The number of nitrogens with zero attached hydrogens (tertiary/aromatic N) is 6. The van der Waals surface area contributed by atoms with Crippen LogP contribution in [0, 0.1) is 0 Å². The average Bonchev–Trinajstić information content (AvgIpc) is 3.45. The smallest absolute Gasteiger partial charge is 0.188 e. The van der Waals surface area contributed by atoms with E-state index in [1.165, 1.54) is 4.88 Å². The lowest BCUT2D eigenvalue weighted by Gasteiger charge is -2.25. The number of anilines is 2. The number of morpholine rings is 1. The van der Waals surface area contributed by atoms with Gasteiger partial charge in [-0.1, -0.05) is 0 Å². The van der Waals surface area contributed by atoms with Crippen LogP contribution in [0.1, 0.15) is 4.88 Å². The summed E-state index contributed by atoms with van der Waals surface area (Å²) in [6.45, 7) is 4.43. The van der Waals surface area contributed by atoms with Crippen LogP contribution in [0.5, 0.6) is 0 Å². The van der Waals surface area contributed by atoms with Crippen LogP contribution in [0.2, 0.25) is 0 Å². The zero-order valence-corrected chi connectivity index (χ0v) is 15.3. The number of H-pyrrole nitrogens is 1. The van der Waals surface area contributed by atoms with Crippen LogP contribution in [0.4, 0.5) is 10.9 Å². The highest BCUT2D eigenvalue weighted by molar-refractivity contribution is 7.15. The highest BCUT2D eigenvalue weighted by atomic mass is 32.1. The first-order valence-corrected chi connectivity index (χ1v) is 9.51. The Kier molecular flexibility index (Phi) is 4.28. The lowest BCUT2D eigenvalue weighted by molar-refractivity contribution is 0.0346. The van der Waals surface area contributed by atoms with Crippen LogP contribution < -0.4 is 5.32 Å². The lowest BCUT2D eigenvalue weighted by atomic mass is 10.2. The van der Waals surface area contributed by atoms with Crippen molar-refractivity contribution in [3.8, 4) is 11.3 Å². The summed E-state index contributed by atoms with van der Waals surface area (Å²) in [6.07, 6.45) is 11.0. The van der Waals surface area contributed by atoms with Crippen molar-refractivity contribution < 1.29 is 4.74 Å². The van der Waals surface area contributed by atoms with Gasteiger partial charge < -0.3 is 10.1 Å². The van der Waals surface area contributed by atoms with Gasteiger partial charge in [0.1, 0.15) is 0 Å². The molecule has 1 saturated heterocycles. The predicted octanol–water partition coefficient (Wildman–Crippen LogP) is 2.15. The van der Waals surface area contributed by atoms with Gasteiger partial charge >= 0.3 is 0 Å². The molecule has 5 rings (SSSR count). The molecule has 0 atom stereocenters. The van der Waals surface area contributed by atoms with E-state index in [2.05, 4.69) is 35.4 Å². The molecule has 0 radical (unpaired) electrons. The van der Waals surface area contributed by atoms with Crippen molar-refractivity contribution in [3.05, 3.63) is 42.1 Å². The maximum absolute atomic E-state index is 5.40. The summed E-state index contributed by atoms with van der Waals surface area (Å²) >= 11 is 1.64. The van der Waals surface area contributed by atoms with E-state index >= 15 is 0 Å². The molecule has 5 heterocycles. The van der Waals surface area contributed by atoms with Crippen molar-refractivity contribution >= 4 is 27.9 Å². The molecule has 0 unspecified atom stereocenters. The lowest BCUT2D eigenvalue weighted by Crippen LogP contribution is -2.35. The van der Waals surface area contributed by atoms with Crippen LogP contribution in [0.3, 0.4) is 0 Å². The van der Waals surface area contributed by atoms with Crippen molar-refractivity contribution in [2.24, 2.45) is 0 Å². The molecule has 27 heavy (non-hydrogen) atoms. The fourth-order valence-electron chi connectivity index (χ4n) is 3.13. The van der Waals surface area contributed by atoms with Crippen molar-refractivity contribution in [3.63, 3.8) is 0 Å². The predicted molar refractivity (Wildman–Crippen MR) is 102 cm³/mol. The molecule has 138 valence electrons. The van der Waals surface area contributed by atoms with Crippen molar-refractivity contribution in [2.75, 3.05) is 31.6 Å². The Morgan fingerprint density at radius 1 is 1.15 bits per heavy atom. The largest absolute Gasteiger partial charge is 0.379 e. The Hall–Kier alpha value is -2.82. The molecule has 1 aliphatic rings. The van der Waals surface area contributed by atoms with Crippen molar-refractivity contribution in [1.82, 2.24) is 34.4 Å². The number of nitrogens with one attached hydrogen (secondary N) is 2. The van der Waals surface area contributed by atoms with Gasteiger partial charge in [-0.2, -0.15) is 5.10 Å². The van der Waals surface area contributed by atoms with E-state index in [1.54, 1.807) is 23.7 Å². The summed E-state index contributed by atoms with van der Waals surface area (Å²) in [7, 11) is 0. The first kappa shape index (κ1) is 16.4. The van der Waals surface area contributed by atoms with E-state index in [9.17, 15) is 0 Å². The number of aromatic nitrogens is 6. The van der Waals surface area contributed by atoms with Crippen LogP contribution >= 0.6 is 11.3 Å². The van der Waals surface area contributed by atoms with Crippen LogP contribution in [-0.2, 0) is 11.3 Å². The van der Waals surface area contributed by atoms with E-state index in [1.807, 2.05) is 29.2 Å². The Morgan fingerprint density at radius 2 is 2.07 bits per heavy atom. The van der Waals surface area contributed by atoms with Gasteiger partial charge in [0, 0.05) is 54.9 Å². The third-order valence-corrected chi connectivity index (χ3v) is 5.38. The molecular formula is C17H18N8OS. The summed E-state index contributed by atoms with van der Waals surface area (Å²) in [5.41, 5.74) is 2.63. The summed E-state index contributed by atoms with van der Waals surface area (Å²) in [5.74, 6) is 0.680. The summed E-state index contributed by atoms with van der Waals surface area (Å²) < 4.78 is 7.39. The van der Waals surface area contributed by atoms with Crippen molar-refractivity contribution in [1.29, 1.82) is 0 Å². The third-order valence-electron chi connectivity index (χ3n) is 4.48. The van der Waals surface area contributed by atoms with Crippen LogP contribution in [0.15, 0.2) is 37.2 Å². The van der Waals surface area contributed by atoms with E-state index < -0.39 is 0 Å². The number of hydrogen-bond donors (Lipinski definition) is 2. The molecule has 0 amide bonds. The number of fused-ring (bicyclic) bond motifs is 1. The van der Waals surface area contributed by atoms with Crippen LogP contribution in [0.25, 0.3) is 16.9 Å². The molecule has 9 nitrogen and oxygen atoms in total. The summed E-state index contributed by atoms with van der Waals surface area (Å²) in [4.78, 5) is 17.1. The van der Waals surface area contributed by atoms with E-state index in [0.29, 0.717) is 5.82 Å². The minimum absolute atomic E-state index is 0.680. The molecular weight excluding hydrogens is 364 g/mol. The van der Waals surface area contributed by atoms with Gasteiger partial charge in [0.05, 0.1) is 31.3 Å². The second kappa shape index (κ2) is 7.06. The Morgan fingerprint density at radius 3 is 2.93 bits per heavy atom. The maximum Gasteiger partial charge on any atom is 0.188 e. The minimum Gasteiger partial charge on any atom is -0.379 e. The first-order valence-electron chi connectivity index (χ1n) is 8.70. The standard InChI is InChI=1S/C17H18N8OS/c1-2-25-14(12-7-21-22-8-12)10-19-15(16(25)18-1)23-17-20-9-13(27-17)11-24-3-5-26-6-4-24/h1-2,7-10H,3-6,11H2,(H,21,22)(H,19,20,23). The highest BCUT2D eigenvalue weighted by Crippen LogP contribution is 2.27. The fraction of sp³-hybridized carbons (Fsp3) is 0.294. The number of hydrogen-bond acceptors (Lipinski definition) is 8. The number of thiazole rings is 1. The number of imidazole rings is 1. The molecule has 4 aromatic heterocycles. The number of rotatable bonds is 5. The SMILES string of the molecule is c1cn2c(-c3cn[nH]c3)cnc(Nc3ncc(CN4CCOCC4)s3)c2n1.